The quantitative estimate of drug-likeness (QED) is 0.370. The van der Waals surface area contributed by atoms with E-state index >= 15 is 0 Å². The van der Waals surface area contributed by atoms with Crippen molar-refractivity contribution < 1.29 is 24.3 Å². The lowest BCUT2D eigenvalue weighted by Crippen LogP contribution is -2.30. The molecular weight excluding hydrogens is 418 g/mol. The van der Waals surface area contributed by atoms with Crippen LogP contribution in [-0.2, 0) is 9.59 Å². The van der Waals surface area contributed by atoms with Crippen LogP contribution in [0.1, 0.15) is 32.3 Å². The second-order valence-corrected chi connectivity index (χ2v) is 7.53. The number of rotatable bonds is 5. The zero-order valence-electron chi connectivity index (χ0n) is 16.1. The van der Waals surface area contributed by atoms with Crippen LogP contribution in [0.3, 0.4) is 0 Å². The monoisotopic (exact) mass is 433 g/mol. The summed E-state index contributed by atoms with van der Waals surface area (Å²) in [6.07, 6.45) is 0. The number of carboxylic acid groups (broad SMARTS) is 1. The zero-order chi connectivity index (χ0) is 22.1. The number of benzene rings is 3. The average molecular weight is 434 g/mol. The van der Waals surface area contributed by atoms with Gasteiger partial charge in [0, 0.05) is 16.3 Å². The van der Waals surface area contributed by atoms with Gasteiger partial charge in [-0.25, -0.2) is 4.79 Å². The molecule has 3 aromatic carbocycles. The molecule has 154 valence electrons. The Balaban J connectivity index is 1.84. The smallest absolute Gasteiger partial charge is 0.335 e. The van der Waals surface area contributed by atoms with Crippen molar-refractivity contribution >= 4 is 40.7 Å². The van der Waals surface area contributed by atoms with E-state index < -0.39 is 35.4 Å². The fourth-order valence-electron chi connectivity index (χ4n) is 3.76. The van der Waals surface area contributed by atoms with E-state index in [1.807, 2.05) is 0 Å². The van der Waals surface area contributed by atoms with Crippen molar-refractivity contribution in [1.29, 1.82) is 0 Å². The van der Waals surface area contributed by atoms with Gasteiger partial charge in [-0.05, 0) is 42.0 Å². The van der Waals surface area contributed by atoms with Gasteiger partial charge >= 0.3 is 5.97 Å². The number of hydrogen-bond acceptors (Lipinski definition) is 4. The van der Waals surface area contributed by atoms with E-state index in [1.54, 1.807) is 54.6 Å². The first-order valence-electron chi connectivity index (χ1n) is 9.44. The lowest BCUT2D eigenvalue weighted by atomic mass is 9.86. The van der Waals surface area contributed by atoms with Crippen LogP contribution in [0, 0.1) is 5.92 Å². The van der Waals surface area contributed by atoms with Gasteiger partial charge in [0.05, 0.1) is 11.6 Å². The predicted molar refractivity (Wildman–Crippen MR) is 114 cm³/mol. The summed E-state index contributed by atoms with van der Waals surface area (Å²) >= 11 is 6.00. The minimum Gasteiger partial charge on any atom is -0.478 e. The second-order valence-electron chi connectivity index (χ2n) is 7.10. The maximum atomic E-state index is 13.3. The number of halogens is 1. The first-order chi connectivity index (χ1) is 14.9. The standard InChI is InChI=1S/C24H16ClNO5/c25-17-10-6-14(7-11-17)20-19(21(27)15-4-2-1-3-5-15)22(28)23(29)26(20)18-12-8-16(9-13-18)24(30)31/h1-13,19-20H,(H,30,31). The summed E-state index contributed by atoms with van der Waals surface area (Å²) in [5.41, 5.74) is 1.27. The number of carbonyl (C=O) groups excluding carboxylic acids is 3. The number of carbonyl (C=O) groups is 4. The van der Waals surface area contributed by atoms with Crippen molar-refractivity contribution in [3.63, 3.8) is 0 Å². The summed E-state index contributed by atoms with van der Waals surface area (Å²) in [6, 6.07) is 19.6. The summed E-state index contributed by atoms with van der Waals surface area (Å²) < 4.78 is 0. The Bertz CT molecular complexity index is 1170. The molecule has 2 unspecified atom stereocenters. The van der Waals surface area contributed by atoms with Crippen molar-refractivity contribution in [1.82, 2.24) is 0 Å². The van der Waals surface area contributed by atoms with Crippen LogP contribution in [0.5, 0.6) is 0 Å². The molecule has 7 heteroatoms. The van der Waals surface area contributed by atoms with E-state index in [0.29, 0.717) is 21.8 Å². The van der Waals surface area contributed by atoms with Gasteiger partial charge in [0.25, 0.3) is 5.91 Å². The van der Waals surface area contributed by atoms with Crippen LogP contribution >= 0.6 is 11.6 Å². The third-order valence-electron chi connectivity index (χ3n) is 5.25. The van der Waals surface area contributed by atoms with Gasteiger partial charge in [0.15, 0.2) is 5.78 Å². The third kappa shape index (κ3) is 3.73. The Morgan fingerprint density at radius 2 is 1.42 bits per heavy atom. The highest BCUT2D eigenvalue weighted by Crippen LogP contribution is 2.41. The van der Waals surface area contributed by atoms with Crippen LogP contribution in [0.25, 0.3) is 0 Å². The van der Waals surface area contributed by atoms with Crippen molar-refractivity contribution in [3.8, 4) is 0 Å². The molecule has 0 aromatic heterocycles. The first-order valence-corrected chi connectivity index (χ1v) is 9.82. The number of amides is 1. The lowest BCUT2D eigenvalue weighted by Gasteiger charge is -2.27. The van der Waals surface area contributed by atoms with E-state index in [9.17, 15) is 19.2 Å². The van der Waals surface area contributed by atoms with Gasteiger partial charge in [-0.1, -0.05) is 54.1 Å². The van der Waals surface area contributed by atoms with Crippen LogP contribution < -0.4 is 4.90 Å². The fourth-order valence-corrected chi connectivity index (χ4v) is 3.88. The normalized spacial score (nSPS) is 18.3. The maximum Gasteiger partial charge on any atom is 0.335 e. The predicted octanol–water partition coefficient (Wildman–Crippen LogP) is 4.19. The van der Waals surface area contributed by atoms with Crippen molar-refractivity contribution in [2.45, 2.75) is 6.04 Å². The molecule has 31 heavy (non-hydrogen) atoms. The molecule has 1 N–H and O–H groups in total. The maximum absolute atomic E-state index is 13.3. The van der Waals surface area contributed by atoms with E-state index in [0.717, 1.165) is 0 Å². The van der Waals surface area contributed by atoms with Gasteiger partial charge in [-0.2, -0.15) is 0 Å². The number of aromatic carboxylic acids is 1. The zero-order valence-corrected chi connectivity index (χ0v) is 16.8. The Labute approximate surface area is 182 Å². The number of Topliss-reactive ketones (excluding diaryl/α,β-unsaturated/α-hetero) is 2. The average Bonchev–Trinajstić information content (AvgIpc) is 3.05. The van der Waals surface area contributed by atoms with Gasteiger partial charge in [-0.3, -0.25) is 19.3 Å². The molecule has 0 radical (unpaired) electrons. The topological polar surface area (TPSA) is 91.8 Å². The Kier molecular flexibility index (Phi) is 5.40. The molecule has 6 nitrogen and oxygen atoms in total. The Morgan fingerprint density at radius 1 is 0.806 bits per heavy atom. The first kappa shape index (κ1) is 20.5. The summed E-state index contributed by atoms with van der Waals surface area (Å²) in [5, 5.41) is 9.61. The minimum atomic E-state index is -1.24. The number of anilines is 1. The number of carboxylic acids is 1. The summed E-state index contributed by atoms with van der Waals surface area (Å²) in [7, 11) is 0. The van der Waals surface area contributed by atoms with E-state index in [4.69, 9.17) is 16.7 Å². The number of nitrogens with zero attached hydrogens (tertiary/aromatic N) is 1. The molecule has 2 atom stereocenters. The van der Waals surface area contributed by atoms with E-state index in [2.05, 4.69) is 0 Å². The molecule has 1 aliphatic rings. The number of ketones is 2. The van der Waals surface area contributed by atoms with Gasteiger partial charge in [0.2, 0.25) is 5.78 Å². The lowest BCUT2D eigenvalue weighted by molar-refractivity contribution is -0.135. The van der Waals surface area contributed by atoms with Gasteiger partial charge < -0.3 is 5.11 Å². The summed E-state index contributed by atoms with van der Waals surface area (Å²) in [4.78, 5) is 51.7. The van der Waals surface area contributed by atoms with Gasteiger partial charge in [0.1, 0.15) is 5.92 Å². The fraction of sp³-hybridized carbons (Fsp3) is 0.0833. The van der Waals surface area contributed by atoms with Crippen molar-refractivity contribution in [3.05, 3.63) is 101 Å². The molecule has 1 heterocycles. The molecule has 1 fully saturated rings. The summed E-state index contributed by atoms with van der Waals surface area (Å²) in [6.45, 7) is 0. The molecule has 0 bridgehead atoms. The van der Waals surface area contributed by atoms with Crippen molar-refractivity contribution in [2.24, 2.45) is 5.92 Å². The van der Waals surface area contributed by atoms with Gasteiger partial charge in [-0.15, -0.1) is 0 Å². The highest BCUT2D eigenvalue weighted by Gasteiger charge is 2.52. The van der Waals surface area contributed by atoms with Crippen LogP contribution in [0.2, 0.25) is 5.02 Å². The molecule has 1 amide bonds. The molecule has 1 aliphatic heterocycles. The van der Waals surface area contributed by atoms with E-state index in [1.165, 1.54) is 29.2 Å². The van der Waals surface area contributed by atoms with Crippen LogP contribution in [-0.4, -0.2) is 28.5 Å². The van der Waals surface area contributed by atoms with Crippen LogP contribution in [0.15, 0.2) is 78.9 Å². The molecule has 4 rings (SSSR count). The molecule has 0 spiro atoms. The Morgan fingerprint density at radius 3 is 2.00 bits per heavy atom. The highest BCUT2D eigenvalue weighted by atomic mass is 35.5. The second kappa shape index (κ2) is 8.16. The Hall–Kier alpha value is -3.77. The molecule has 3 aromatic rings. The third-order valence-corrected chi connectivity index (χ3v) is 5.50. The minimum absolute atomic E-state index is 0.0432. The molecular formula is C24H16ClNO5. The molecule has 0 aliphatic carbocycles. The molecule has 0 saturated carbocycles. The van der Waals surface area contributed by atoms with Crippen molar-refractivity contribution in [2.75, 3.05) is 4.90 Å². The highest BCUT2D eigenvalue weighted by molar-refractivity contribution is 6.49. The van der Waals surface area contributed by atoms with Crippen LogP contribution in [0.4, 0.5) is 5.69 Å². The molecule has 1 saturated heterocycles. The largest absolute Gasteiger partial charge is 0.478 e. The van der Waals surface area contributed by atoms with E-state index in [-0.39, 0.29) is 5.56 Å². The number of hydrogen-bond donors (Lipinski definition) is 1. The SMILES string of the molecule is O=C(O)c1ccc(N2C(=O)C(=O)C(C(=O)c3ccccc3)C2c2ccc(Cl)cc2)cc1. The summed E-state index contributed by atoms with van der Waals surface area (Å²) in [5.74, 6) is -4.44.